The van der Waals surface area contributed by atoms with Gasteiger partial charge in [0.15, 0.2) is 0 Å². The highest BCUT2D eigenvalue weighted by Gasteiger charge is 2.24. The Labute approximate surface area is 395 Å². The Balaban J connectivity index is 0. The van der Waals surface area contributed by atoms with Gasteiger partial charge in [0.25, 0.3) is 6.47 Å². The number of rotatable bonds is 27. The van der Waals surface area contributed by atoms with Crippen molar-refractivity contribution < 1.29 is 57.2 Å². The summed E-state index contributed by atoms with van der Waals surface area (Å²) < 4.78 is 25.4. The summed E-state index contributed by atoms with van der Waals surface area (Å²) in [6.45, 7) is 22.1. The van der Waals surface area contributed by atoms with E-state index in [1.54, 1.807) is 41.5 Å². The maximum absolute atomic E-state index is 13.6. The number of methoxy groups -OCH3 is 1. The van der Waals surface area contributed by atoms with Crippen LogP contribution in [0.5, 0.6) is 0 Å². The van der Waals surface area contributed by atoms with Crippen molar-refractivity contribution in [3.05, 3.63) is 35.9 Å². The number of benzene rings is 1. The molecule has 1 rings (SSSR count). The van der Waals surface area contributed by atoms with E-state index in [9.17, 15) is 33.6 Å². The number of nitrogens with one attached hydrogen (secondary N) is 6. The predicted octanol–water partition coefficient (Wildman–Crippen LogP) is 7.36. The van der Waals surface area contributed by atoms with E-state index in [0.29, 0.717) is 64.5 Å². The van der Waals surface area contributed by atoms with Crippen LogP contribution in [0.4, 0.5) is 14.4 Å². The second-order valence-corrected chi connectivity index (χ2v) is 18.4. The second kappa shape index (κ2) is 36.0. The summed E-state index contributed by atoms with van der Waals surface area (Å²) in [6.07, 6.45) is 3.50. The molecular formula is C48H86N6O12. The van der Waals surface area contributed by atoms with Gasteiger partial charge in [0.1, 0.15) is 23.4 Å². The molecule has 0 aliphatic heterocycles. The molecule has 0 spiro atoms. The Morgan fingerprint density at radius 3 is 1.38 bits per heavy atom. The van der Waals surface area contributed by atoms with Crippen molar-refractivity contribution in [3.63, 3.8) is 0 Å². The van der Waals surface area contributed by atoms with Crippen molar-refractivity contribution in [2.75, 3.05) is 33.8 Å². The molecule has 0 heterocycles. The van der Waals surface area contributed by atoms with Gasteiger partial charge in [-0.1, -0.05) is 50.6 Å². The number of amides is 5. The molecule has 18 heteroatoms. The quantitative estimate of drug-likeness (QED) is 0.0219. The van der Waals surface area contributed by atoms with Crippen molar-refractivity contribution in [1.82, 2.24) is 31.9 Å². The molecule has 0 radical (unpaired) electrons. The molecule has 6 N–H and O–H groups in total. The van der Waals surface area contributed by atoms with Gasteiger partial charge < -0.3 is 55.6 Å². The van der Waals surface area contributed by atoms with Crippen LogP contribution < -0.4 is 31.9 Å². The van der Waals surface area contributed by atoms with E-state index in [4.69, 9.17) is 18.9 Å². The predicted molar refractivity (Wildman–Crippen MR) is 255 cm³/mol. The van der Waals surface area contributed by atoms with E-state index in [2.05, 4.69) is 36.6 Å². The summed E-state index contributed by atoms with van der Waals surface area (Å²) in [7, 11) is 3.16. The lowest BCUT2D eigenvalue weighted by molar-refractivity contribution is -0.141. The highest BCUT2D eigenvalue weighted by Crippen LogP contribution is 2.13. The molecule has 1 aromatic carbocycles. The van der Waals surface area contributed by atoms with Crippen molar-refractivity contribution in [2.24, 2.45) is 0 Å². The van der Waals surface area contributed by atoms with E-state index in [-0.39, 0.29) is 43.3 Å². The molecular weight excluding hydrogens is 853 g/mol. The number of carbonyl (C=O) groups excluding carboxylic acids is 7. The van der Waals surface area contributed by atoms with Crippen LogP contribution in [0, 0.1) is 0 Å². The Kier molecular flexibility index (Phi) is 34.4. The van der Waals surface area contributed by atoms with Crippen LogP contribution in [0.25, 0.3) is 0 Å². The fraction of sp³-hybridized carbons (Fsp3) is 0.729. The third-order valence-corrected chi connectivity index (χ3v) is 8.70. The monoisotopic (exact) mass is 939 g/mol. The van der Waals surface area contributed by atoms with E-state index in [0.717, 1.165) is 24.9 Å². The lowest BCUT2D eigenvalue weighted by atomic mass is 10.0. The second-order valence-electron chi connectivity index (χ2n) is 18.4. The van der Waals surface area contributed by atoms with Crippen molar-refractivity contribution in [1.29, 1.82) is 0 Å². The molecule has 0 saturated heterocycles. The zero-order valence-electron chi connectivity index (χ0n) is 42.4. The van der Waals surface area contributed by atoms with Crippen molar-refractivity contribution in [2.45, 2.75) is 195 Å². The number of unbranched alkanes of at least 4 members (excludes halogenated alkanes) is 3. The average Bonchev–Trinajstić information content (AvgIpc) is 3.20. The molecule has 1 aromatic rings. The third-order valence-electron chi connectivity index (χ3n) is 8.70. The van der Waals surface area contributed by atoms with E-state index in [1.807, 2.05) is 72.0 Å². The van der Waals surface area contributed by atoms with E-state index in [1.165, 1.54) is 7.11 Å². The number of hydrogen-bond acceptors (Lipinski definition) is 13. The topological polar surface area (TPSA) is 238 Å². The first-order valence-electron chi connectivity index (χ1n) is 23.3. The molecule has 0 bridgehead atoms. The fourth-order valence-corrected chi connectivity index (χ4v) is 5.79. The summed E-state index contributed by atoms with van der Waals surface area (Å²) in [5.74, 6) is -1.14. The van der Waals surface area contributed by atoms with Crippen LogP contribution in [0.3, 0.4) is 0 Å². The number of carbonyl (C=O) groups is 7. The lowest BCUT2D eigenvalue weighted by Gasteiger charge is -2.24. The molecule has 0 fully saturated rings. The third kappa shape index (κ3) is 40.4. The normalized spacial score (nSPS) is 12.4. The van der Waals surface area contributed by atoms with Gasteiger partial charge in [-0.3, -0.25) is 19.2 Å². The van der Waals surface area contributed by atoms with E-state index >= 15 is 0 Å². The minimum absolute atomic E-state index is 0.0240. The highest BCUT2D eigenvalue weighted by atomic mass is 16.6. The van der Waals surface area contributed by atoms with Gasteiger partial charge in [-0.15, -0.1) is 0 Å². The van der Waals surface area contributed by atoms with Gasteiger partial charge in [0.2, 0.25) is 11.8 Å². The molecule has 3 unspecified atom stereocenters. The summed E-state index contributed by atoms with van der Waals surface area (Å²) >= 11 is 0. The fourth-order valence-electron chi connectivity index (χ4n) is 5.79. The van der Waals surface area contributed by atoms with Gasteiger partial charge in [-0.2, -0.15) is 0 Å². The number of alkyl carbamates (subject to hydrolysis) is 3. The summed E-state index contributed by atoms with van der Waals surface area (Å²) in [5.41, 5.74) is -0.765. The van der Waals surface area contributed by atoms with Crippen LogP contribution in [0.2, 0.25) is 0 Å². The maximum atomic E-state index is 13.6. The SMILES string of the molecule is CC.CC(C)(C)OC=O.CNCCCCC(CC(=O)OC)NC(=O)CC(CCCCNC(=O)OC(C)(C)C)NC(=O)CC(CCCCNC(=O)OC(C)(C)C)NC(=O)OCc1ccccc1. The zero-order chi connectivity index (χ0) is 50.6. The van der Waals surface area contributed by atoms with Gasteiger partial charge in [0.05, 0.1) is 13.5 Å². The molecule has 0 aliphatic carbocycles. The lowest BCUT2D eigenvalue weighted by Crippen LogP contribution is -2.45. The first kappa shape index (κ1) is 63.0. The first-order valence-corrected chi connectivity index (χ1v) is 23.3. The van der Waals surface area contributed by atoms with Crippen LogP contribution in [0.1, 0.15) is 159 Å². The van der Waals surface area contributed by atoms with Gasteiger partial charge in [-0.05, 0) is 133 Å². The van der Waals surface area contributed by atoms with Crippen LogP contribution in [0.15, 0.2) is 30.3 Å². The highest BCUT2D eigenvalue weighted by molar-refractivity contribution is 5.81. The molecule has 380 valence electrons. The van der Waals surface area contributed by atoms with Crippen LogP contribution in [-0.2, 0) is 49.5 Å². The summed E-state index contributed by atoms with van der Waals surface area (Å²) in [6, 6.07) is 7.59. The maximum Gasteiger partial charge on any atom is 0.407 e. The van der Waals surface area contributed by atoms with Crippen LogP contribution >= 0.6 is 0 Å². The molecule has 66 heavy (non-hydrogen) atoms. The van der Waals surface area contributed by atoms with Crippen molar-refractivity contribution >= 4 is 42.5 Å². The summed E-state index contributed by atoms with van der Waals surface area (Å²) in [5, 5.41) is 17.3. The average molecular weight is 939 g/mol. The van der Waals surface area contributed by atoms with Gasteiger partial charge in [0, 0.05) is 44.1 Å². The standard InChI is InChI=1S/C41H70N6O10.C5H10O2.C2H6/c1-40(2,3)56-37(51)43-24-16-13-20-31(26-34(48)46-33(28-36(50)54-8)22-12-15-23-42-7)45-35(49)27-32(21-14-17-25-44-38(52)57-41(4,5)6)47-39(53)55-29-30-18-10-9-11-19-30;1-5(2,3)7-4-6;1-2/h9-11,18-19,31-33,42H,12-17,20-29H2,1-8H3,(H,43,51)(H,44,52)(H,45,49)(H,46,48)(H,47,53);4H,1-3H3;1-2H3. The molecule has 0 aromatic heterocycles. The van der Waals surface area contributed by atoms with Crippen LogP contribution in [-0.4, -0.2) is 111 Å². The van der Waals surface area contributed by atoms with E-state index < -0.39 is 53.6 Å². The molecule has 18 nitrogen and oxygen atoms in total. The number of esters is 1. The van der Waals surface area contributed by atoms with Crippen molar-refractivity contribution in [3.8, 4) is 0 Å². The van der Waals surface area contributed by atoms with Gasteiger partial charge >= 0.3 is 24.2 Å². The minimum atomic E-state index is -0.677. The Morgan fingerprint density at radius 2 is 1.00 bits per heavy atom. The minimum Gasteiger partial charge on any atom is -0.469 e. The molecule has 3 atom stereocenters. The Morgan fingerprint density at radius 1 is 0.576 bits per heavy atom. The zero-order valence-corrected chi connectivity index (χ0v) is 42.4. The Hall–Kier alpha value is -5.13. The Bertz CT molecular complexity index is 1510. The number of ether oxygens (including phenoxy) is 5. The summed E-state index contributed by atoms with van der Waals surface area (Å²) in [4.78, 5) is 85.7. The first-order chi connectivity index (χ1) is 30.9. The molecule has 5 amide bonds. The largest absolute Gasteiger partial charge is 0.469 e. The molecule has 0 aliphatic rings. The molecule has 0 saturated carbocycles. The number of hydrogen-bond donors (Lipinski definition) is 6. The van der Waals surface area contributed by atoms with Gasteiger partial charge in [-0.25, -0.2) is 14.4 Å². The smallest absolute Gasteiger partial charge is 0.407 e.